The maximum Gasteiger partial charge on any atom is 0.384 e. The van der Waals surface area contributed by atoms with Gasteiger partial charge in [-0.25, -0.2) is 9.59 Å². The number of nitrogens with one attached hydrogen (secondary N) is 1. The van der Waals surface area contributed by atoms with Gasteiger partial charge in [0.25, 0.3) is 0 Å². The third-order valence-electron chi connectivity index (χ3n) is 1.43. The average Bonchev–Trinajstić information content (AvgIpc) is 2.63. The minimum Gasteiger partial charge on any atom is -0.476 e. The molecule has 0 saturated carbocycles. The lowest BCUT2D eigenvalue weighted by atomic mass is 10.2. The summed E-state index contributed by atoms with van der Waals surface area (Å²) in [6.45, 7) is 1.88. The minimum atomic E-state index is -1.18. The van der Waals surface area contributed by atoms with Crippen LogP contribution in [0.1, 0.15) is 23.0 Å². The Labute approximate surface area is 85.2 Å². The molecule has 0 radical (unpaired) electrons. The van der Waals surface area contributed by atoms with Crippen molar-refractivity contribution < 1.29 is 19.4 Å². The molecule has 0 unspecified atom stereocenters. The number of ether oxygens (including phenoxy) is 1. The summed E-state index contributed by atoms with van der Waals surface area (Å²) in [4.78, 5) is 21.4. The first-order valence-electron chi connectivity index (χ1n) is 4.10. The summed E-state index contributed by atoms with van der Waals surface area (Å²) in [5.74, 6) is 2.63. The van der Waals surface area contributed by atoms with Crippen LogP contribution in [0.25, 0.3) is 0 Å². The Morgan fingerprint density at radius 2 is 2.40 bits per heavy atom. The molecule has 0 spiro atoms. The summed E-state index contributed by atoms with van der Waals surface area (Å²) >= 11 is 0. The number of esters is 1. The number of carboxylic acids is 1. The molecule has 78 valence electrons. The highest BCUT2D eigenvalue weighted by molar-refractivity contribution is 5.92. The molecular formula is C9H8N2O4. The Balaban J connectivity index is 2.84. The Kier molecular flexibility index (Phi) is 3.46. The van der Waals surface area contributed by atoms with E-state index in [1.165, 1.54) is 6.20 Å². The Morgan fingerprint density at radius 1 is 1.67 bits per heavy atom. The maximum atomic E-state index is 10.8. The fourth-order valence-corrected chi connectivity index (χ4v) is 0.829. The van der Waals surface area contributed by atoms with Crippen LogP contribution in [0.3, 0.4) is 0 Å². The molecule has 0 aromatic carbocycles. The van der Waals surface area contributed by atoms with E-state index in [0.29, 0.717) is 0 Å². The molecule has 0 bridgehead atoms. The van der Waals surface area contributed by atoms with Gasteiger partial charge in [-0.2, -0.15) is 5.10 Å². The van der Waals surface area contributed by atoms with E-state index in [2.05, 4.69) is 26.8 Å². The number of aromatic carboxylic acids is 1. The van der Waals surface area contributed by atoms with Gasteiger partial charge in [-0.15, -0.1) is 0 Å². The van der Waals surface area contributed by atoms with Crippen LogP contribution in [0.2, 0.25) is 0 Å². The Hall–Kier alpha value is -2.29. The number of carboxylic acid groups (broad SMARTS) is 1. The molecule has 6 heteroatoms. The number of carbonyl (C=O) groups excluding carboxylic acids is 1. The molecule has 0 aliphatic carbocycles. The lowest BCUT2D eigenvalue weighted by Crippen LogP contribution is -2.01. The molecule has 0 fully saturated rings. The maximum absolute atomic E-state index is 10.8. The molecule has 1 aromatic heterocycles. The van der Waals surface area contributed by atoms with E-state index in [1.54, 1.807) is 6.92 Å². The van der Waals surface area contributed by atoms with Gasteiger partial charge in [-0.3, -0.25) is 5.10 Å². The first-order chi connectivity index (χ1) is 7.15. The molecule has 0 aliphatic heterocycles. The molecule has 0 aliphatic rings. The molecule has 0 saturated heterocycles. The van der Waals surface area contributed by atoms with Gasteiger partial charge in [0.15, 0.2) is 5.69 Å². The number of nitrogens with zero attached hydrogens (tertiary/aromatic N) is 1. The zero-order valence-corrected chi connectivity index (χ0v) is 7.90. The van der Waals surface area contributed by atoms with Crippen LogP contribution in [-0.2, 0) is 9.53 Å². The highest BCUT2D eigenvalue weighted by Gasteiger charge is 2.10. The highest BCUT2D eigenvalue weighted by atomic mass is 16.5. The van der Waals surface area contributed by atoms with Crippen LogP contribution in [0.15, 0.2) is 6.20 Å². The minimum absolute atomic E-state index is 0.146. The largest absolute Gasteiger partial charge is 0.476 e. The van der Waals surface area contributed by atoms with Crippen molar-refractivity contribution in [2.24, 2.45) is 0 Å². The zero-order chi connectivity index (χ0) is 11.3. The summed E-state index contributed by atoms with van der Waals surface area (Å²) in [5, 5.41) is 14.4. The summed E-state index contributed by atoms with van der Waals surface area (Å²) in [5.41, 5.74) is 0.00218. The number of carbonyl (C=O) groups is 2. The molecule has 6 nitrogen and oxygen atoms in total. The van der Waals surface area contributed by atoms with Crippen molar-refractivity contribution in [3.8, 4) is 11.8 Å². The van der Waals surface area contributed by atoms with E-state index in [1.807, 2.05) is 0 Å². The standard InChI is InChI=1S/C9H8N2O4/c1-2-15-7(12)4-3-6-5-10-11-8(6)9(13)14/h5H,2H2,1H3,(H,10,11)(H,13,14). The van der Waals surface area contributed by atoms with Gasteiger partial charge in [0.2, 0.25) is 0 Å². The smallest absolute Gasteiger partial charge is 0.384 e. The van der Waals surface area contributed by atoms with E-state index < -0.39 is 11.9 Å². The lowest BCUT2D eigenvalue weighted by Gasteiger charge is -1.91. The van der Waals surface area contributed by atoms with Crippen molar-refractivity contribution in [2.75, 3.05) is 6.61 Å². The number of aromatic amines is 1. The van der Waals surface area contributed by atoms with E-state index in [9.17, 15) is 9.59 Å². The van der Waals surface area contributed by atoms with Gasteiger partial charge in [0, 0.05) is 5.92 Å². The lowest BCUT2D eigenvalue weighted by molar-refractivity contribution is -0.136. The second kappa shape index (κ2) is 4.81. The molecule has 0 amide bonds. The molecule has 1 heterocycles. The van der Waals surface area contributed by atoms with Gasteiger partial charge >= 0.3 is 11.9 Å². The molecule has 1 rings (SSSR count). The van der Waals surface area contributed by atoms with Crippen molar-refractivity contribution in [3.63, 3.8) is 0 Å². The van der Waals surface area contributed by atoms with Crippen molar-refractivity contribution in [1.29, 1.82) is 0 Å². The summed E-state index contributed by atoms with van der Waals surface area (Å²) < 4.78 is 4.55. The van der Waals surface area contributed by atoms with Gasteiger partial charge in [0.05, 0.1) is 18.4 Å². The first-order valence-corrected chi connectivity index (χ1v) is 4.10. The number of H-pyrrole nitrogens is 1. The van der Waals surface area contributed by atoms with Gasteiger partial charge < -0.3 is 9.84 Å². The third kappa shape index (κ3) is 2.84. The first kappa shape index (κ1) is 10.8. The Bertz CT molecular complexity index is 438. The van der Waals surface area contributed by atoms with Crippen LogP contribution in [-0.4, -0.2) is 33.8 Å². The number of aromatic nitrogens is 2. The normalized spacial score (nSPS) is 8.87. The molecule has 15 heavy (non-hydrogen) atoms. The predicted molar refractivity (Wildman–Crippen MR) is 49.1 cm³/mol. The van der Waals surface area contributed by atoms with E-state index in [-0.39, 0.29) is 17.9 Å². The Morgan fingerprint density at radius 3 is 3.00 bits per heavy atom. The van der Waals surface area contributed by atoms with Crippen molar-refractivity contribution in [2.45, 2.75) is 6.92 Å². The fraction of sp³-hybridized carbons (Fsp3) is 0.222. The van der Waals surface area contributed by atoms with E-state index in [0.717, 1.165) is 0 Å². The monoisotopic (exact) mass is 208 g/mol. The number of rotatable bonds is 2. The van der Waals surface area contributed by atoms with Crippen LogP contribution in [0.5, 0.6) is 0 Å². The van der Waals surface area contributed by atoms with Gasteiger partial charge in [0.1, 0.15) is 0 Å². The van der Waals surface area contributed by atoms with Crippen molar-refractivity contribution in [1.82, 2.24) is 10.2 Å². The number of hydrogen-bond donors (Lipinski definition) is 2. The SMILES string of the molecule is CCOC(=O)C#Cc1cn[nH]c1C(=O)O. The molecule has 0 atom stereocenters. The number of hydrogen-bond acceptors (Lipinski definition) is 4. The van der Waals surface area contributed by atoms with Gasteiger partial charge in [-0.1, -0.05) is 5.92 Å². The van der Waals surface area contributed by atoms with E-state index in [4.69, 9.17) is 5.11 Å². The summed E-state index contributed by atoms with van der Waals surface area (Å²) in [6.07, 6.45) is 1.23. The second-order valence-electron chi connectivity index (χ2n) is 2.43. The topological polar surface area (TPSA) is 92.3 Å². The van der Waals surface area contributed by atoms with Crippen molar-refractivity contribution in [3.05, 3.63) is 17.5 Å². The molecular weight excluding hydrogens is 200 g/mol. The second-order valence-corrected chi connectivity index (χ2v) is 2.43. The molecule has 1 aromatic rings. The summed E-state index contributed by atoms with van der Waals surface area (Å²) in [7, 11) is 0. The van der Waals surface area contributed by atoms with Crippen LogP contribution in [0, 0.1) is 11.8 Å². The third-order valence-corrected chi connectivity index (χ3v) is 1.43. The average molecular weight is 208 g/mol. The van der Waals surface area contributed by atoms with Crippen LogP contribution in [0.4, 0.5) is 0 Å². The van der Waals surface area contributed by atoms with Gasteiger partial charge in [-0.05, 0) is 6.92 Å². The predicted octanol–water partition coefficient (Wildman–Crippen LogP) is 0.0225. The fourth-order valence-electron chi connectivity index (χ4n) is 0.829. The van der Waals surface area contributed by atoms with Crippen LogP contribution >= 0.6 is 0 Å². The highest BCUT2D eigenvalue weighted by Crippen LogP contribution is 2.01. The van der Waals surface area contributed by atoms with Crippen molar-refractivity contribution >= 4 is 11.9 Å². The zero-order valence-electron chi connectivity index (χ0n) is 7.90. The quantitative estimate of drug-likeness (QED) is 0.528. The van der Waals surface area contributed by atoms with Crippen LogP contribution < -0.4 is 0 Å². The summed E-state index contributed by atoms with van der Waals surface area (Å²) in [6, 6.07) is 0. The molecule has 2 N–H and O–H groups in total. The van der Waals surface area contributed by atoms with E-state index >= 15 is 0 Å².